The SMILES string of the molecule is CC(=O)N1c2cc(S(=O)(=O)Nc3ccccc3C)c(Br)cc2C[C@H]1C. The van der Waals surface area contributed by atoms with Crippen LogP contribution in [0.5, 0.6) is 0 Å². The van der Waals surface area contributed by atoms with Crippen molar-refractivity contribution in [3.8, 4) is 0 Å². The number of aryl methyl sites for hydroxylation is 1. The van der Waals surface area contributed by atoms with Gasteiger partial charge in [-0.2, -0.15) is 0 Å². The van der Waals surface area contributed by atoms with Crippen LogP contribution in [0.2, 0.25) is 0 Å². The topological polar surface area (TPSA) is 66.5 Å². The van der Waals surface area contributed by atoms with E-state index >= 15 is 0 Å². The molecule has 25 heavy (non-hydrogen) atoms. The summed E-state index contributed by atoms with van der Waals surface area (Å²) in [5.74, 6) is -0.0937. The number of anilines is 2. The largest absolute Gasteiger partial charge is 0.309 e. The number of carbonyl (C=O) groups is 1. The smallest absolute Gasteiger partial charge is 0.263 e. The quantitative estimate of drug-likeness (QED) is 0.816. The van der Waals surface area contributed by atoms with Gasteiger partial charge >= 0.3 is 0 Å². The van der Waals surface area contributed by atoms with Crippen molar-refractivity contribution in [2.75, 3.05) is 9.62 Å². The lowest BCUT2D eigenvalue weighted by molar-refractivity contribution is -0.116. The van der Waals surface area contributed by atoms with Crippen molar-refractivity contribution in [1.29, 1.82) is 0 Å². The van der Waals surface area contributed by atoms with Crippen LogP contribution in [-0.4, -0.2) is 20.4 Å². The minimum Gasteiger partial charge on any atom is -0.309 e. The number of sulfonamides is 1. The molecular formula is C18H19BrN2O3S. The first-order valence-corrected chi connectivity index (χ1v) is 10.2. The number of nitrogens with one attached hydrogen (secondary N) is 1. The highest BCUT2D eigenvalue weighted by Gasteiger charge is 2.32. The first kappa shape index (κ1) is 17.9. The summed E-state index contributed by atoms with van der Waals surface area (Å²) in [4.78, 5) is 13.7. The van der Waals surface area contributed by atoms with E-state index in [2.05, 4.69) is 20.7 Å². The van der Waals surface area contributed by atoms with Crippen molar-refractivity contribution >= 4 is 43.2 Å². The molecule has 0 aromatic heterocycles. The van der Waals surface area contributed by atoms with Crippen LogP contribution in [0.4, 0.5) is 11.4 Å². The van der Waals surface area contributed by atoms with Gasteiger partial charge in [0.2, 0.25) is 5.91 Å². The van der Waals surface area contributed by atoms with Crippen molar-refractivity contribution < 1.29 is 13.2 Å². The average Bonchev–Trinajstić information content (AvgIpc) is 2.83. The third-order valence-corrected chi connectivity index (χ3v) is 6.69. The van der Waals surface area contributed by atoms with Crippen molar-refractivity contribution in [2.45, 2.75) is 38.1 Å². The van der Waals surface area contributed by atoms with E-state index in [1.165, 1.54) is 6.92 Å². The summed E-state index contributed by atoms with van der Waals surface area (Å²) >= 11 is 3.37. The Bertz CT molecular complexity index is 957. The third-order valence-electron chi connectivity index (χ3n) is 4.37. The Balaban J connectivity index is 2.06. The van der Waals surface area contributed by atoms with Crippen molar-refractivity contribution in [2.24, 2.45) is 0 Å². The number of halogens is 1. The molecule has 0 bridgehead atoms. The van der Waals surface area contributed by atoms with Crippen molar-refractivity contribution in [3.63, 3.8) is 0 Å². The molecular weight excluding hydrogens is 404 g/mol. The van der Waals surface area contributed by atoms with Crippen LogP contribution in [-0.2, 0) is 21.2 Å². The van der Waals surface area contributed by atoms with Gasteiger partial charge in [0.25, 0.3) is 10.0 Å². The minimum atomic E-state index is -3.79. The van der Waals surface area contributed by atoms with E-state index in [0.29, 0.717) is 22.3 Å². The van der Waals surface area contributed by atoms with Gasteiger partial charge in [0.1, 0.15) is 4.90 Å². The number of hydrogen-bond donors (Lipinski definition) is 1. The number of hydrogen-bond acceptors (Lipinski definition) is 3. The highest BCUT2D eigenvalue weighted by atomic mass is 79.9. The fraction of sp³-hybridized carbons (Fsp3) is 0.278. The number of nitrogens with zero attached hydrogens (tertiary/aromatic N) is 1. The summed E-state index contributed by atoms with van der Waals surface area (Å²) in [5, 5.41) is 0. The van der Waals surface area contributed by atoms with Gasteiger partial charge in [-0.05, 0) is 65.5 Å². The average molecular weight is 423 g/mol. The van der Waals surface area contributed by atoms with E-state index in [0.717, 1.165) is 11.1 Å². The monoisotopic (exact) mass is 422 g/mol. The van der Waals surface area contributed by atoms with Gasteiger partial charge in [0, 0.05) is 23.1 Å². The van der Waals surface area contributed by atoms with Gasteiger partial charge in [-0.25, -0.2) is 8.42 Å². The van der Waals surface area contributed by atoms with Crippen molar-refractivity contribution in [3.05, 3.63) is 52.0 Å². The summed E-state index contributed by atoms with van der Waals surface area (Å²) in [5.41, 5.74) is 2.99. The Morgan fingerprint density at radius 3 is 2.60 bits per heavy atom. The lowest BCUT2D eigenvalue weighted by Gasteiger charge is -2.21. The molecule has 1 heterocycles. The first-order chi connectivity index (χ1) is 11.7. The van der Waals surface area contributed by atoms with Crippen molar-refractivity contribution in [1.82, 2.24) is 0 Å². The Morgan fingerprint density at radius 2 is 1.96 bits per heavy atom. The summed E-state index contributed by atoms with van der Waals surface area (Å²) in [6.07, 6.45) is 0.707. The number of carbonyl (C=O) groups excluding carboxylic acids is 1. The molecule has 0 saturated carbocycles. The molecule has 0 radical (unpaired) electrons. The molecule has 3 rings (SSSR count). The van der Waals surface area contributed by atoms with Crippen LogP contribution in [0.3, 0.4) is 0 Å². The van der Waals surface area contributed by atoms with E-state index in [9.17, 15) is 13.2 Å². The van der Waals surface area contributed by atoms with Crippen LogP contribution < -0.4 is 9.62 Å². The molecule has 2 aromatic carbocycles. The zero-order chi connectivity index (χ0) is 18.4. The van der Waals surface area contributed by atoms with Crippen LogP contribution >= 0.6 is 15.9 Å². The number of benzene rings is 2. The highest BCUT2D eigenvalue weighted by Crippen LogP contribution is 2.38. The molecule has 0 unspecified atom stereocenters. The summed E-state index contributed by atoms with van der Waals surface area (Å²) in [6, 6.07) is 10.6. The molecule has 7 heteroatoms. The maximum atomic E-state index is 12.9. The fourth-order valence-electron chi connectivity index (χ4n) is 3.19. The molecule has 1 aliphatic rings. The highest BCUT2D eigenvalue weighted by molar-refractivity contribution is 9.10. The van der Waals surface area contributed by atoms with Gasteiger partial charge in [0.15, 0.2) is 0 Å². The van der Waals surface area contributed by atoms with E-state index < -0.39 is 10.0 Å². The number of fused-ring (bicyclic) bond motifs is 1. The fourth-order valence-corrected chi connectivity index (χ4v) is 5.43. The Kier molecular flexibility index (Phi) is 4.64. The second-order valence-corrected chi connectivity index (χ2v) is 8.78. The Morgan fingerprint density at radius 1 is 1.28 bits per heavy atom. The van der Waals surface area contributed by atoms with Gasteiger partial charge in [0.05, 0.1) is 5.69 Å². The molecule has 132 valence electrons. The second kappa shape index (κ2) is 6.46. The minimum absolute atomic E-state index is 0.0154. The maximum Gasteiger partial charge on any atom is 0.263 e. The zero-order valence-corrected chi connectivity index (χ0v) is 16.6. The van der Waals surface area contributed by atoms with Gasteiger partial charge in [-0.15, -0.1) is 0 Å². The predicted molar refractivity (Wildman–Crippen MR) is 102 cm³/mol. The van der Waals surface area contributed by atoms with Gasteiger partial charge in [-0.3, -0.25) is 9.52 Å². The third kappa shape index (κ3) is 3.30. The predicted octanol–water partition coefficient (Wildman–Crippen LogP) is 3.86. The molecule has 5 nitrogen and oxygen atoms in total. The van der Waals surface area contributed by atoms with Crippen LogP contribution in [0.25, 0.3) is 0 Å². The summed E-state index contributed by atoms with van der Waals surface area (Å²) < 4.78 is 28.9. The van der Waals surface area contributed by atoms with E-state index in [1.54, 1.807) is 29.2 Å². The van der Waals surface area contributed by atoms with E-state index in [1.807, 2.05) is 26.0 Å². The zero-order valence-electron chi connectivity index (χ0n) is 14.2. The maximum absolute atomic E-state index is 12.9. The molecule has 1 N–H and O–H groups in total. The molecule has 1 aliphatic heterocycles. The normalized spacial score (nSPS) is 16.6. The first-order valence-electron chi connectivity index (χ1n) is 7.91. The van der Waals surface area contributed by atoms with Crippen LogP contribution in [0.15, 0.2) is 45.8 Å². The Labute approximate surface area is 156 Å². The lowest BCUT2D eigenvalue weighted by Crippen LogP contribution is -2.33. The molecule has 0 fully saturated rings. The molecule has 0 saturated heterocycles. The molecule has 1 atom stereocenters. The summed E-state index contributed by atoms with van der Waals surface area (Å²) in [6.45, 7) is 5.29. The number of para-hydroxylation sites is 1. The standard InChI is InChI=1S/C18H19BrN2O3S/c1-11-6-4-5-7-16(11)20-25(23,24)18-10-17-14(9-15(18)19)8-12(2)21(17)13(3)22/h4-7,9-10,12,20H,8H2,1-3H3/t12-/m1/s1. The second-order valence-electron chi connectivity index (χ2n) is 6.27. The number of amides is 1. The summed E-state index contributed by atoms with van der Waals surface area (Å²) in [7, 11) is -3.79. The molecule has 0 aliphatic carbocycles. The lowest BCUT2D eigenvalue weighted by atomic mass is 10.1. The van der Waals surface area contributed by atoms with Gasteiger partial charge in [-0.1, -0.05) is 18.2 Å². The number of rotatable bonds is 3. The van der Waals surface area contributed by atoms with Gasteiger partial charge < -0.3 is 4.90 Å². The van der Waals surface area contributed by atoms with E-state index in [4.69, 9.17) is 0 Å². The molecule has 1 amide bonds. The molecule has 2 aromatic rings. The molecule has 0 spiro atoms. The van der Waals surface area contributed by atoms with Crippen LogP contribution in [0.1, 0.15) is 25.0 Å². The van der Waals surface area contributed by atoms with Crippen LogP contribution in [0, 0.1) is 6.92 Å². The Hall–Kier alpha value is -1.86. The van der Waals surface area contributed by atoms with E-state index in [-0.39, 0.29) is 16.8 Å².